The van der Waals surface area contributed by atoms with Gasteiger partial charge < -0.3 is 8.98 Å². The van der Waals surface area contributed by atoms with Gasteiger partial charge in [-0.15, -0.1) is 0 Å². The summed E-state index contributed by atoms with van der Waals surface area (Å²) in [5.41, 5.74) is 7.64. The van der Waals surface area contributed by atoms with Gasteiger partial charge >= 0.3 is 0 Å². The Balaban J connectivity index is 1.05. The molecule has 56 heavy (non-hydrogen) atoms. The number of nitrogens with zero attached hydrogens (tertiary/aromatic N) is 4. The molecule has 0 unspecified atom stereocenters. The SMILES string of the molecule is c1ccc(-c2nc(-c3ccc(-n4c5ccc6ccccc6c5c5c6ccccc6ccc54)cc3)nc(-c3cccc4c3oc3ccc5ccccc5c34)n2)cc1. The lowest BCUT2D eigenvalue weighted by Gasteiger charge is -2.11. The summed E-state index contributed by atoms with van der Waals surface area (Å²) in [5, 5.41) is 12.0. The molecule has 0 aliphatic heterocycles. The van der Waals surface area contributed by atoms with Gasteiger partial charge in [0.15, 0.2) is 17.5 Å². The molecule has 0 aliphatic rings. The molecule has 0 amide bonds. The smallest absolute Gasteiger partial charge is 0.167 e. The number of aromatic nitrogens is 4. The Kier molecular flexibility index (Phi) is 6.56. The number of rotatable bonds is 4. The van der Waals surface area contributed by atoms with Gasteiger partial charge in [0.1, 0.15) is 11.2 Å². The standard InChI is InChI=1S/C51H30N4O/c1-2-14-34(15-3-1)49-52-50(54-51(53-49)41-20-10-19-40-45-37-16-7-4-13-33(37)25-30-44(45)56-48(40)41)35-21-26-36(27-22-35)55-42-28-23-31-11-5-8-17-38(31)46(42)47-39-18-9-6-12-32(39)24-29-43(47)55/h1-30H. The lowest BCUT2D eigenvalue weighted by molar-refractivity contribution is 0.670. The summed E-state index contributed by atoms with van der Waals surface area (Å²) in [4.78, 5) is 15.3. The van der Waals surface area contributed by atoms with Crippen molar-refractivity contribution in [2.24, 2.45) is 0 Å². The molecule has 0 N–H and O–H groups in total. The summed E-state index contributed by atoms with van der Waals surface area (Å²) >= 11 is 0. The van der Waals surface area contributed by atoms with Crippen molar-refractivity contribution < 1.29 is 4.42 Å². The quantitative estimate of drug-likeness (QED) is 0.182. The molecule has 0 aliphatic carbocycles. The average molecular weight is 715 g/mol. The van der Waals surface area contributed by atoms with Crippen molar-refractivity contribution in [2.75, 3.05) is 0 Å². The van der Waals surface area contributed by atoms with Crippen LogP contribution in [0.4, 0.5) is 0 Å². The Morgan fingerprint density at radius 2 is 0.857 bits per heavy atom. The fourth-order valence-electron chi connectivity index (χ4n) is 8.67. The van der Waals surface area contributed by atoms with Crippen LogP contribution in [0.1, 0.15) is 0 Å². The van der Waals surface area contributed by atoms with E-state index in [9.17, 15) is 0 Å². The third-order valence-corrected chi connectivity index (χ3v) is 11.2. The predicted molar refractivity (Wildman–Crippen MR) is 230 cm³/mol. The molecule has 12 aromatic rings. The van der Waals surface area contributed by atoms with Crippen molar-refractivity contribution in [3.63, 3.8) is 0 Å². The summed E-state index contributed by atoms with van der Waals surface area (Å²) in [5.74, 6) is 1.76. The Morgan fingerprint density at radius 3 is 1.48 bits per heavy atom. The van der Waals surface area contributed by atoms with Crippen LogP contribution in [0, 0.1) is 0 Å². The van der Waals surface area contributed by atoms with Crippen molar-refractivity contribution in [2.45, 2.75) is 0 Å². The largest absolute Gasteiger partial charge is 0.455 e. The molecule has 0 spiro atoms. The number of fused-ring (bicyclic) bond motifs is 12. The van der Waals surface area contributed by atoms with E-state index >= 15 is 0 Å². The van der Waals surface area contributed by atoms with E-state index in [1.54, 1.807) is 0 Å². The van der Waals surface area contributed by atoms with Gasteiger partial charge in [-0.1, -0.05) is 133 Å². The summed E-state index contributed by atoms with van der Waals surface area (Å²) in [7, 11) is 0. The molecule has 0 atom stereocenters. The van der Waals surface area contributed by atoms with E-state index in [4.69, 9.17) is 19.4 Å². The van der Waals surface area contributed by atoms with E-state index in [0.29, 0.717) is 17.5 Å². The van der Waals surface area contributed by atoms with Crippen LogP contribution in [0.2, 0.25) is 0 Å². The van der Waals surface area contributed by atoms with Crippen LogP contribution in [-0.2, 0) is 0 Å². The summed E-state index contributed by atoms with van der Waals surface area (Å²) < 4.78 is 9.00. The zero-order chi connectivity index (χ0) is 36.7. The molecule has 9 aromatic carbocycles. The molecule has 5 heteroatoms. The number of furan rings is 1. The second-order valence-corrected chi connectivity index (χ2v) is 14.4. The zero-order valence-electron chi connectivity index (χ0n) is 30.0. The van der Waals surface area contributed by atoms with Crippen LogP contribution in [0.3, 0.4) is 0 Å². The van der Waals surface area contributed by atoms with E-state index in [-0.39, 0.29) is 0 Å². The van der Waals surface area contributed by atoms with Crippen LogP contribution < -0.4 is 0 Å². The van der Waals surface area contributed by atoms with Crippen molar-refractivity contribution >= 4 is 76.1 Å². The number of benzene rings is 9. The van der Waals surface area contributed by atoms with Crippen LogP contribution in [0.5, 0.6) is 0 Å². The van der Waals surface area contributed by atoms with Gasteiger partial charge in [-0.05, 0) is 80.8 Å². The summed E-state index contributed by atoms with van der Waals surface area (Å²) in [6.07, 6.45) is 0. The Morgan fingerprint density at radius 1 is 0.357 bits per heavy atom. The van der Waals surface area contributed by atoms with Gasteiger partial charge in [-0.25, -0.2) is 15.0 Å². The van der Waals surface area contributed by atoms with Crippen molar-refractivity contribution in [1.29, 1.82) is 0 Å². The van der Waals surface area contributed by atoms with Crippen LogP contribution >= 0.6 is 0 Å². The lowest BCUT2D eigenvalue weighted by Crippen LogP contribution is -2.00. The molecule has 0 fully saturated rings. The van der Waals surface area contributed by atoms with Gasteiger partial charge in [0.25, 0.3) is 0 Å². The van der Waals surface area contributed by atoms with Crippen molar-refractivity contribution in [3.05, 3.63) is 182 Å². The van der Waals surface area contributed by atoms with Gasteiger partial charge in [-0.3, -0.25) is 0 Å². The number of hydrogen-bond donors (Lipinski definition) is 0. The normalized spacial score (nSPS) is 11.9. The summed E-state index contributed by atoms with van der Waals surface area (Å²) in [6, 6.07) is 63.8. The van der Waals surface area contributed by atoms with Crippen LogP contribution in [0.25, 0.3) is 116 Å². The number of hydrogen-bond acceptors (Lipinski definition) is 4. The second kappa shape index (κ2) is 11.9. The maximum Gasteiger partial charge on any atom is 0.167 e. The van der Waals surface area contributed by atoms with E-state index in [2.05, 4.69) is 150 Å². The minimum Gasteiger partial charge on any atom is -0.455 e. The van der Waals surface area contributed by atoms with Gasteiger partial charge in [0, 0.05) is 38.4 Å². The highest BCUT2D eigenvalue weighted by atomic mass is 16.3. The third kappa shape index (κ3) is 4.58. The Labute approximate surface area is 320 Å². The first-order valence-electron chi connectivity index (χ1n) is 18.9. The fourth-order valence-corrected chi connectivity index (χ4v) is 8.67. The topological polar surface area (TPSA) is 56.7 Å². The van der Waals surface area contributed by atoms with E-state index in [1.807, 2.05) is 36.4 Å². The number of para-hydroxylation sites is 1. The first-order chi connectivity index (χ1) is 27.8. The molecule has 5 nitrogen and oxygen atoms in total. The molecule has 260 valence electrons. The van der Waals surface area contributed by atoms with Crippen molar-refractivity contribution in [1.82, 2.24) is 19.5 Å². The molecule has 0 bridgehead atoms. The molecule has 0 radical (unpaired) electrons. The van der Waals surface area contributed by atoms with Gasteiger partial charge in [-0.2, -0.15) is 0 Å². The predicted octanol–water partition coefficient (Wildman–Crippen LogP) is 13.3. The first kappa shape index (κ1) is 30.8. The zero-order valence-corrected chi connectivity index (χ0v) is 30.0. The minimum absolute atomic E-state index is 0.563. The average Bonchev–Trinajstić information content (AvgIpc) is 3.83. The highest BCUT2D eigenvalue weighted by Gasteiger charge is 2.20. The van der Waals surface area contributed by atoms with Gasteiger partial charge in [0.2, 0.25) is 0 Å². The molecule has 12 rings (SSSR count). The van der Waals surface area contributed by atoms with E-state index in [0.717, 1.165) is 49.7 Å². The summed E-state index contributed by atoms with van der Waals surface area (Å²) in [6.45, 7) is 0. The first-order valence-corrected chi connectivity index (χ1v) is 18.9. The maximum atomic E-state index is 6.61. The Bertz CT molecular complexity index is 3430. The van der Waals surface area contributed by atoms with Crippen LogP contribution in [-0.4, -0.2) is 19.5 Å². The maximum absolute atomic E-state index is 6.61. The third-order valence-electron chi connectivity index (χ3n) is 11.2. The highest BCUT2D eigenvalue weighted by molar-refractivity contribution is 6.28. The molecule has 3 aromatic heterocycles. The monoisotopic (exact) mass is 714 g/mol. The Hall–Kier alpha value is -7.63. The fraction of sp³-hybridized carbons (Fsp3) is 0. The minimum atomic E-state index is 0.563. The highest BCUT2D eigenvalue weighted by Crippen LogP contribution is 2.42. The van der Waals surface area contributed by atoms with E-state index < -0.39 is 0 Å². The molecular weight excluding hydrogens is 685 g/mol. The molecule has 0 saturated carbocycles. The molecule has 0 saturated heterocycles. The van der Waals surface area contributed by atoms with Crippen molar-refractivity contribution in [3.8, 4) is 39.9 Å². The van der Waals surface area contributed by atoms with Crippen LogP contribution in [0.15, 0.2) is 186 Å². The second-order valence-electron chi connectivity index (χ2n) is 14.4. The van der Waals surface area contributed by atoms with E-state index in [1.165, 1.54) is 48.7 Å². The molecular formula is C51H30N4O. The molecule has 3 heterocycles. The lowest BCUT2D eigenvalue weighted by atomic mass is 10.00. The van der Waals surface area contributed by atoms with Gasteiger partial charge in [0.05, 0.1) is 16.6 Å².